The number of aromatic nitrogens is 5. The maximum absolute atomic E-state index is 12.9. The zero-order valence-electron chi connectivity index (χ0n) is 16.8. The molecule has 0 bridgehead atoms. The SMILES string of the molecule is Cn1c(=O)n(-c2nnc(C(=O)Nc3cnccc3N3CCNCC3)s2)c2ccccc21. The number of para-hydroxylation sites is 2. The molecule has 0 atom stereocenters. The Labute approximate surface area is 181 Å². The molecule has 5 rings (SSSR count). The van der Waals surface area contributed by atoms with Crippen molar-refractivity contribution in [3.05, 3.63) is 58.2 Å². The molecule has 2 N–H and O–H groups in total. The molecule has 4 aromatic rings. The molecule has 1 amide bonds. The Morgan fingerprint density at radius 1 is 1.13 bits per heavy atom. The first-order valence-electron chi connectivity index (χ1n) is 9.85. The van der Waals surface area contributed by atoms with Gasteiger partial charge in [-0.15, -0.1) is 10.2 Å². The quantitative estimate of drug-likeness (QED) is 0.495. The van der Waals surface area contributed by atoms with E-state index in [1.165, 1.54) is 4.57 Å². The number of pyridine rings is 1. The van der Waals surface area contributed by atoms with Gasteiger partial charge in [-0.25, -0.2) is 9.36 Å². The van der Waals surface area contributed by atoms with E-state index in [1.807, 2.05) is 30.3 Å². The van der Waals surface area contributed by atoms with Crippen LogP contribution in [-0.2, 0) is 7.05 Å². The lowest BCUT2D eigenvalue weighted by molar-refractivity contribution is 0.102. The zero-order valence-corrected chi connectivity index (χ0v) is 17.6. The van der Waals surface area contributed by atoms with Crippen molar-refractivity contribution >= 4 is 39.7 Å². The Kier molecular flexibility index (Phi) is 4.96. The van der Waals surface area contributed by atoms with Gasteiger partial charge in [0.15, 0.2) is 0 Å². The van der Waals surface area contributed by atoms with Crippen LogP contribution in [0.25, 0.3) is 16.2 Å². The van der Waals surface area contributed by atoms with Gasteiger partial charge < -0.3 is 15.5 Å². The maximum atomic E-state index is 12.9. The highest BCUT2D eigenvalue weighted by atomic mass is 32.1. The summed E-state index contributed by atoms with van der Waals surface area (Å²) >= 11 is 1.07. The first kappa shape index (κ1) is 19.4. The van der Waals surface area contributed by atoms with E-state index in [-0.39, 0.29) is 16.6 Å². The van der Waals surface area contributed by atoms with Crippen molar-refractivity contribution in [2.75, 3.05) is 36.4 Å². The number of rotatable bonds is 4. The number of nitrogens with zero attached hydrogens (tertiary/aromatic N) is 6. The number of imidazole rings is 1. The van der Waals surface area contributed by atoms with Gasteiger partial charge in [-0.3, -0.25) is 14.3 Å². The molecular weight excluding hydrogens is 416 g/mol. The maximum Gasteiger partial charge on any atom is 0.335 e. The molecule has 0 radical (unpaired) electrons. The highest BCUT2D eigenvalue weighted by molar-refractivity contribution is 7.15. The minimum absolute atomic E-state index is 0.171. The Morgan fingerprint density at radius 2 is 1.90 bits per heavy atom. The van der Waals surface area contributed by atoms with Gasteiger partial charge in [-0.2, -0.15) is 0 Å². The topological polar surface area (TPSA) is 110 Å². The fourth-order valence-corrected chi connectivity index (χ4v) is 4.46. The van der Waals surface area contributed by atoms with Crippen LogP contribution in [0.4, 0.5) is 11.4 Å². The van der Waals surface area contributed by atoms with Gasteiger partial charge in [0.2, 0.25) is 10.1 Å². The summed E-state index contributed by atoms with van der Waals surface area (Å²) in [5, 5.41) is 14.9. The molecule has 0 aliphatic carbocycles. The smallest absolute Gasteiger partial charge is 0.335 e. The summed E-state index contributed by atoms with van der Waals surface area (Å²) in [4.78, 5) is 32.0. The van der Waals surface area contributed by atoms with E-state index in [2.05, 4.69) is 30.7 Å². The molecular formula is C20H20N8O2S. The van der Waals surface area contributed by atoms with Gasteiger partial charge in [0, 0.05) is 39.4 Å². The lowest BCUT2D eigenvalue weighted by Gasteiger charge is -2.30. The van der Waals surface area contributed by atoms with E-state index in [1.54, 1.807) is 24.0 Å². The van der Waals surface area contributed by atoms with Gasteiger partial charge in [-0.1, -0.05) is 23.5 Å². The molecule has 0 spiro atoms. The van der Waals surface area contributed by atoms with E-state index in [9.17, 15) is 9.59 Å². The van der Waals surface area contributed by atoms with Gasteiger partial charge in [-0.05, 0) is 18.2 Å². The minimum atomic E-state index is -0.388. The van der Waals surface area contributed by atoms with Gasteiger partial charge in [0.05, 0.1) is 28.6 Å². The van der Waals surface area contributed by atoms with Crippen LogP contribution >= 0.6 is 11.3 Å². The highest BCUT2D eigenvalue weighted by Gasteiger charge is 2.21. The van der Waals surface area contributed by atoms with Crippen LogP contribution in [0, 0.1) is 0 Å². The summed E-state index contributed by atoms with van der Waals surface area (Å²) < 4.78 is 3.02. The number of carbonyl (C=O) groups excluding carboxylic acids is 1. The second-order valence-corrected chi connectivity index (χ2v) is 8.10. The molecule has 1 aromatic carbocycles. The van der Waals surface area contributed by atoms with Crippen molar-refractivity contribution in [1.82, 2.24) is 29.6 Å². The first-order valence-corrected chi connectivity index (χ1v) is 10.7. The molecule has 4 heterocycles. The van der Waals surface area contributed by atoms with E-state index in [4.69, 9.17) is 0 Å². The number of nitrogens with one attached hydrogen (secondary N) is 2. The van der Waals surface area contributed by atoms with Crippen LogP contribution in [0.5, 0.6) is 0 Å². The minimum Gasteiger partial charge on any atom is -0.367 e. The number of hydrogen-bond donors (Lipinski definition) is 2. The van der Waals surface area contributed by atoms with Gasteiger partial charge >= 0.3 is 5.69 Å². The number of piperazine rings is 1. The standard InChI is InChI=1S/C20H20N8O2S/c1-26-15-4-2-3-5-16(15)28(20(26)30)19-25-24-18(31-19)17(29)23-13-12-22-7-6-14(13)27-10-8-21-9-11-27/h2-7,12,21H,8-11H2,1H3,(H,23,29). The van der Waals surface area contributed by atoms with Crippen molar-refractivity contribution in [2.24, 2.45) is 7.05 Å². The Hall–Kier alpha value is -3.57. The van der Waals surface area contributed by atoms with Crippen molar-refractivity contribution in [1.29, 1.82) is 0 Å². The number of amides is 1. The molecule has 1 saturated heterocycles. The molecule has 158 valence electrons. The molecule has 0 saturated carbocycles. The summed E-state index contributed by atoms with van der Waals surface area (Å²) in [6.45, 7) is 3.46. The van der Waals surface area contributed by atoms with Crippen molar-refractivity contribution in [3.63, 3.8) is 0 Å². The number of anilines is 2. The summed E-state index contributed by atoms with van der Waals surface area (Å²) in [5.74, 6) is -0.388. The fourth-order valence-electron chi connectivity index (χ4n) is 3.72. The van der Waals surface area contributed by atoms with E-state index < -0.39 is 0 Å². The summed E-state index contributed by atoms with van der Waals surface area (Å²) in [5.41, 5.74) is 2.79. The monoisotopic (exact) mass is 436 g/mol. The summed E-state index contributed by atoms with van der Waals surface area (Å²) in [6.07, 6.45) is 3.34. The van der Waals surface area contributed by atoms with Crippen LogP contribution in [0.2, 0.25) is 0 Å². The Balaban J connectivity index is 1.44. The van der Waals surface area contributed by atoms with Crippen molar-refractivity contribution in [2.45, 2.75) is 0 Å². The Morgan fingerprint density at radius 3 is 2.71 bits per heavy atom. The Bertz CT molecular complexity index is 1320. The molecule has 11 heteroatoms. The molecule has 1 aliphatic rings. The molecule has 3 aromatic heterocycles. The highest BCUT2D eigenvalue weighted by Crippen LogP contribution is 2.26. The predicted molar refractivity (Wildman–Crippen MR) is 119 cm³/mol. The number of benzene rings is 1. The van der Waals surface area contributed by atoms with Gasteiger partial charge in [0.1, 0.15) is 0 Å². The van der Waals surface area contributed by atoms with Crippen LogP contribution in [0.15, 0.2) is 47.5 Å². The number of hydrogen-bond acceptors (Lipinski definition) is 8. The first-order chi connectivity index (χ1) is 15.1. The third-order valence-corrected chi connectivity index (χ3v) is 6.17. The fraction of sp³-hybridized carbons (Fsp3) is 0.250. The third-order valence-electron chi connectivity index (χ3n) is 5.27. The lowest BCUT2D eigenvalue weighted by Crippen LogP contribution is -2.43. The third kappa shape index (κ3) is 3.47. The van der Waals surface area contributed by atoms with E-state index in [0.717, 1.165) is 48.7 Å². The predicted octanol–water partition coefficient (Wildman–Crippen LogP) is 1.24. The number of fused-ring (bicyclic) bond motifs is 1. The summed E-state index contributed by atoms with van der Waals surface area (Å²) in [6, 6.07) is 9.32. The molecule has 1 fully saturated rings. The normalized spacial score (nSPS) is 14.2. The number of carbonyl (C=O) groups is 1. The van der Waals surface area contributed by atoms with E-state index >= 15 is 0 Å². The van der Waals surface area contributed by atoms with Crippen LogP contribution < -0.4 is 21.2 Å². The van der Waals surface area contributed by atoms with Crippen LogP contribution in [-0.4, -0.2) is 56.4 Å². The van der Waals surface area contributed by atoms with Gasteiger partial charge in [0.25, 0.3) is 5.91 Å². The second kappa shape index (κ2) is 7.93. The molecule has 10 nitrogen and oxygen atoms in total. The molecule has 0 unspecified atom stereocenters. The van der Waals surface area contributed by atoms with E-state index in [0.29, 0.717) is 16.3 Å². The molecule has 1 aliphatic heterocycles. The second-order valence-electron chi connectivity index (χ2n) is 7.14. The molecule has 31 heavy (non-hydrogen) atoms. The van der Waals surface area contributed by atoms with Crippen molar-refractivity contribution < 1.29 is 4.79 Å². The number of aryl methyl sites for hydroxylation is 1. The average molecular weight is 437 g/mol. The van der Waals surface area contributed by atoms with Crippen molar-refractivity contribution in [3.8, 4) is 5.13 Å². The summed E-state index contributed by atoms with van der Waals surface area (Å²) in [7, 11) is 1.70. The largest absolute Gasteiger partial charge is 0.367 e. The van der Waals surface area contributed by atoms with Crippen LogP contribution in [0.1, 0.15) is 9.80 Å². The zero-order chi connectivity index (χ0) is 21.4. The van der Waals surface area contributed by atoms with Crippen LogP contribution in [0.3, 0.4) is 0 Å². The average Bonchev–Trinajstić information content (AvgIpc) is 3.38. The lowest BCUT2D eigenvalue weighted by atomic mass is 10.2.